The van der Waals surface area contributed by atoms with Gasteiger partial charge in [-0.05, 0) is 30.9 Å². The van der Waals surface area contributed by atoms with Crippen molar-refractivity contribution in [1.82, 2.24) is 4.98 Å². The van der Waals surface area contributed by atoms with Crippen LogP contribution in [-0.4, -0.2) is 28.6 Å². The lowest BCUT2D eigenvalue weighted by atomic mass is 10.0. The minimum absolute atomic E-state index is 0.0661. The second-order valence-electron chi connectivity index (χ2n) is 4.95. The highest BCUT2D eigenvalue weighted by Crippen LogP contribution is 2.29. The number of anilines is 1. The third-order valence-electron chi connectivity index (χ3n) is 3.40. The Morgan fingerprint density at radius 2 is 2.28 bits per heavy atom. The number of carboxylic acids is 1. The first-order valence-electron chi connectivity index (χ1n) is 6.17. The van der Waals surface area contributed by atoms with Gasteiger partial charge in [0.2, 0.25) is 0 Å². The quantitative estimate of drug-likeness (QED) is 0.915. The number of halogens is 1. The summed E-state index contributed by atoms with van der Waals surface area (Å²) in [6.45, 7) is 5.28. The first-order chi connectivity index (χ1) is 8.50. The summed E-state index contributed by atoms with van der Waals surface area (Å²) in [7, 11) is 0. The van der Waals surface area contributed by atoms with Crippen LogP contribution in [0, 0.1) is 5.92 Å². The lowest BCUT2D eigenvalue weighted by Gasteiger charge is -2.28. The zero-order valence-corrected chi connectivity index (χ0v) is 11.3. The molecule has 1 aliphatic heterocycles. The van der Waals surface area contributed by atoms with Gasteiger partial charge in [-0.1, -0.05) is 25.4 Å². The number of hydrogen-bond acceptors (Lipinski definition) is 3. The SMILES string of the molecule is CC(C)C1CCCN1c1ccc(Cl)c(C(=O)O)n1. The summed E-state index contributed by atoms with van der Waals surface area (Å²) in [6, 6.07) is 3.85. The molecule has 1 aromatic rings. The van der Waals surface area contributed by atoms with Gasteiger partial charge in [-0.3, -0.25) is 0 Å². The largest absolute Gasteiger partial charge is 0.476 e. The maximum atomic E-state index is 11.0. The fraction of sp³-hybridized carbons (Fsp3) is 0.538. The van der Waals surface area contributed by atoms with Crippen LogP contribution < -0.4 is 4.90 Å². The van der Waals surface area contributed by atoms with E-state index in [2.05, 4.69) is 23.7 Å². The third kappa shape index (κ3) is 2.43. The van der Waals surface area contributed by atoms with Crippen LogP contribution >= 0.6 is 11.6 Å². The molecule has 1 N–H and O–H groups in total. The molecule has 0 amide bonds. The van der Waals surface area contributed by atoms with Crippen molar-refractivity contribution in [2.24, 2.45) is 5.92 Å². The van der Waals surface area contributed by atoms with Gasteiger partial charge < -0.3 is 10.0 Å². The highest BCUT2D eigenvalue weighted by Gasteiger charge is 2.28. The number of aromatic nitrogens is 1. The van der Waals surface area contributed by atoms with Crippen molar-refractivity contribution in [1.29, 1.82) is 0 Å². The van der Waals surface area contributed by atoms with Crippen molar-refractivity contribution in [3.8, 4) is 0 Å². The number of carboxylic acid groups (broad SMARTS) is 1. The first kappa shape index (κ1) is 13.1. The molecular formula is C13H17ClN2O2. The maximum absolute atomic E-state index is 11.0. The zero-order chi connectivity index (χ0) is 13.3. The summed E-state index contributed by atoms with van der Waals surface area (Å²) in [6.07, 6.45) is 2.25. The number of pyridine rings is 1. The Morgan fingerprint density at radius 1 is 1.56 bits per heavy atom. The second kappa shape index (κ2) is 5.14. The number of rotatable bonds is 3. The fourth-order valence-electron chi connectivity index (χ4n) is 2.51. The summed E-state index contributed by atoms with van der Waals surface area (Å²) in [5, 5.41) is 9.23. The number of carbonyl (C=O) groups is 1. The molecule has 0 spiro atoms. The van der Waals surface area contributed by atoms with Crippen LogP contribution in [0.3, 0.4) is 0 Å². The molecule has 1 fully saturated rings. The molecule has 1 atom stereocenters. The van der Waals surface area contributed by atoms with E-state index in [4.69, 9.17) is 16.7 Å². The Kier molecular flexibility index (Phi) is 3.76. The molecule has 0 radical (unpaired) electrons. The topological polar surface area (TPSA) is 53.4 Å². The summed E-state index contributed by atoms with van der Waals surface area (Å²) >= 11 is 5.83. The van der Waals surface area contributed by atoms with Crippen LogP contribution in [0.4, 0.5) is 5.82 Å². The minimum atomic E-state index is -1.08. The number of hydrogen-bond donors (Lipinski definition) is 1. The predicted octanol–water partition coefficient (Wildman–Crippen LogP) is 3.06. The highest BCUT2D eigenvalue weighted by atomic mass is 35.5. The van der Waals surface area contributed by atoms with Crippen LogP contribution in [0.5, 0.6) is 0 Å². The lowest BCUT2D eigenvalue weighted by molar-refractivity contribution is 0.0691. The van der Waals surface area contributed by atoms with Gasteiger partial charge >= 0.3 is 5.97 Å². The van der Waals surface area contributed by atoms with Gasteiger partial charge in [0.25, 0.3) is 0 Å². The molecule has 4 nitrogen and oxygen atoms in total. The van der Waals surface area contributed by atoms with Crippen molar-refractivity contribution >= 4 is 23.4 Å². The molecule has 0 saturated carbocycles. The number of nitrogens with zero attached hydrogens (tertiary/aromatic N) is 2. The van der Waals surface area contributed by atoms with E-state index in [1.165, 1.54) is 0 Å². The second-order valence-corrected chi connectivity index (χ2v) is 5.36. The van der Waals surface area contributed by atoms with Crippen molar-refractivity contribution < 1.29 is 9.90 Å². The van der Waals surface area contributed by atoms with Crippen LogP contribution in [0.1, 0.15) is 37.2 Å². The summed E-state index contributed by atoms with van der Waals surface area (Å²) in [5.74, 6) is 0.161. The Bertz CT molecular complexity index is 462. The Labute approximate surface area is 112 Å². The molecule has 1 aromatic heterocycles. The first-order valence-corrected chi connectivity index (χ1v) is 6.55. The van der Waals surface area contributed by atoms with E-state index >= 15 is 0 Å². The molecule has 1 aliphatic rings. The molecule has 18 heavy (non-hydrogen) atoms. The van der Waals surface area contributed by atoms with Crippen LogP contribution in [0.15, 0.2) is 12.1 Å². The molecule has 5 heteroatoms. The Morgan fingerprint density at radius 3 is 2.89 bits per heavy atom. The summed E-state index contributed by atoms with van der Waals surface area (Å²) in [4.78, 5) is 17.4. The molecule has 2 rings (SSSR count). The van der Waals surface area contributed by atoms with E-state index in [-0.39, 0.29) is 10.7 Å². The van der Waals surface area contributed by atoms with Crippen LogP contribution in [0.2, 0.25) is 5.02 Å². The van der Waals surface area contributed by atoms with Crippen molar-refractivity contribution in [3.05, 3.63) is 22.8 Å². The van der Waals surface area contributed by atoms with E-state index < -0.39 is 5.97 Å². The molecule has 2 heterocycles. The number of aromatic carboxylic acids is 1. The Hall–Kier alpha value is -1.29. The average molecular weight is 269 g/mol. The molecule has 1 unspecified atom stereocenters. The van der Waals surface area contributed by atoms with Crippen molar-refractivity contribution in [3.63, 3.8) is 0 Å². The van der Waals surface area contributed by atoms with E-state index in [1.807, 2.05) is 0 Å². The van der Waals surface area contributed by atoms with Gasteiger partial charge in [0.1, 0.15) is 5.82 Å². The predicted molar refractivity (Wildman–Crippen MR) is 71.4 cm³/mol. The van der Waals surface area contributed by atoms with E-state index in [0.29, 0.717) is 17.8 Å². The standard InChI is InChI=1S/C13H17ClN2O2/c1-8(2)10-4-3-7-16(10)11-6-5-9(14)12(15-11)13(17)18/h5-6,8,10H,3-4,7H2,1-2H3,(H,17,18). The minimum Gasteiger partial charge on any atom is -0.476 e. The monoisotopic (exact) mass is 268 g/mol. The molecule has 0 bridgehead atoms. The molecule has 0 aromatic carbocycles. The van der Waals surface area contributed by atoms with E-state index in [1.54, 1.807) is 12.1 Å². The normalized spacial score (nSPS) is 19.6. The van der Waals surface area contributed by atoms with Crippen molar-refractivity contribution in [2.75, 3.05) is 11.4 Å². The van der Waals surface area contributed by atoms with Crippen LogP contribution in [0.25, 0.3) is 0 Å². The Balaban J connectivity index is 2.33. The zero-order valence-electron chi connectivity index (χ0n) is 10.6. The van der Waals surface area contributed by atoms with Gasteiger partial charge in [0, 0.05) is 12.6 Å². The third-order valence-corrected chi connectivity index (χ3v) is 3.70. The summed E-state index contributed by atoms with van der Waals surface area (Å²) in [5.41, 5.74) is -0.0661. The maximum Gasteiger partial charge on any atom is 0.356 e. The van der Waals surface area contributed by atoms with Gasteiger partial charge in [-0.25, -0.2) is 9.78 Å². The fourth-order valence-corrected chi connectivity index (χ4v) is 2.70. The molecule has 1 saturated heterocycles. The molecule has 0 aliphatic carbocycles. The molecule has 98 valence electrons. The van der Waals surface area contributed by atoms with Crippen LogP contribution in [-0.2, 0) is 0 Å². The van der Waals surface area contributed by atoms with E-state index in [9.17, 15) is 4.79 Å². The van der Waals surface area contributed by atoms with Gasteiger partial charge in [-0.2, -0.15) is 0 Å². The van der Waals surface area contributed by atoms with Gasteiger partial charge in [-0.15, -0.1) is 0 Å². The average Bonchev–Trinajstić information content (AvgIpc) is 2.78. The molecular weight excluding hydrogens is 252 g/mol. The highest BCUT2D eigenvalue weighted by molar-refractivity contribution is 6.33. The lowest BCUT2D eigenvalue weighted by Crippen LogP contribution is -2.34. The van der Waals surface area contributed by atoms with Gasteiger partial charge in [0.15, 0.2) is 5.69 Å². The summed E-state index contributed by atoms with van der Waals surface area (Å²) < 4.78 is 0. The van der Waals surface area contributed by atoms with Gasteiger partial charge in [0.05, 0.1) is 5.02 Å². The smallest absolute Gasteiger partial charge is 0.356 e. The van der Waals surface area contributed by atoms with E-state index in [0.717, 1.165) is 19.4 Å². The van der Waals surface area contributed by atoms with Crippen molar-refractivity contribution in [2.45, 2.75) is 32.7 Å².